The number of carbonyl (C=O) groups is 2. The molecule has 0 bridgehead atoms. The van der Waals surface area contributed by atoms with Gasteiger partial charge in [-0.3, -0.25) is 4.79 Å². The predicted octanol–water partition coefficient (Wildman–Crippen LogP) is 0.260. The van der Waals surface area contributed by atoms with Crippen LogP contribution in [0.1, 0.15) is 26.7 Å². The fraction of sp³-hybridized carbons (Fsp3) is 0.846. The van der Waals surface area contributed by atoms with E-state index in [1.165, 1.54) is 0 Å². The van der Waals surface area contributed by atoms with Crippen LogP contribution in [0, 0.1) is 0 Å². The zero-order valence-electron chi connectivity index (χ0n) is 12.4. The Balaban J connectivity index is 2.26. The minimum atomic E-state index is -0.862. The largest absolute Gasteiger partial charge is 0.481 e. The van der Waals surface area contributed by atoms with Crippen LogP contribution in [0.5, 0.6) is 0 Å². The predicted molar refractivity (Wildman–Crippen MR) is 74.7 cm³/mol. The maximum atomic E-state index is 11.8. The van der Waals surface area contributed by atoms with E-state index in [9.17, 15) is 9.59 Å². The fourth-order valence-electron chi connectivity index (χ4n) is 2.03. The molecule has 1 atom stereocenters. The van der Waals surface area contributed by atoms with Crippen molar-refractivity contribution in [3.8, 4) is 0 Å². The van der Waals surface area contributed by atoms with Gasteiger partial charge >= 0.3 is 12.0 Å². The van der Waals surface area contributed by atoms with Crippen LogP contribution in [0.25, 0.3) is 0 Å². The lowest BCUT2D eigenvalue weighted by Crippen LogP contribution is -2.52. The van der Waals surface area contributed by atoms with Gasteiger partial charge in [-0.15, -0.1) is 0 Å². The van der Waals surface area contributed by atoms with Gasteiger partial charge in [-0.1, -0.05) is 0 Å². The molecule has 3 N–H and O–H groups in total. The van der Waals surface area contributed by atoms with Crippen molar-refractivity contribution < 1.29 is 19.4 Å². The highest BCUT2D eigenvalue weighted by atomic mass is 16.5. The van der Waals surface area contributed by atoms with Gasteiger partial charge in [0.05, 0.1) is 12.7 Å². The van der Waals surface area contributed by atoms with Crippen LogP contribution in [-0.4, -0.2) is 66.9 Å². The first-order valence-corrected chi connectivity index (χ1v) is 6.86. The molecule has 20 heavy (non-hydrogen) atoms. The minimum absolute atomic E-state index is 0.00151. The molecule has 1 rings (SSSR count). The van der Waals surface area contributed by atoms with Gasteiger partial charge < -0.3 is 25.4 Å². The van der Waals surface area contributed by atoms with E-state index >= 15 is 0 Å². The average molecular weight is 287 g/mol. The number of ether oxygens (including phenoxy) is 1. The second-order valence-corrected chi connectivity index (χ2v) is 5.87. The van der Waals surface area contributed by atoms with E-state index in [-0.39, 0.29) is 18.6 Å². The van der Waals surface area contributed by atoms with E-state index in [1.807, 2.05) is 7.05 Å². The number of nitrogens with one attached hydrogen (secondary N) is 2. The van der Waals surface area contributed by atoms with E-state index < -0.39 is 11.5 Å². The lowest BCUT2D eigenvalue weighted by atomic mass is 9.99. The molecule has 0 saturated carbocycles. The molecule has 1 saturated heterocycles. The summed E-state index contributed by atoms with van der Waals surface area (Å²) in [5.74, 6) is -0.862. The monoisotopic (exact) mass is 287 g/mol. The topological polar surface area (TPSA) is 90.9 Å². The summed E-state index contributed by atoms with van der Waals surface area (Å²) in [6.07, 6.45) is 0.420. The van der Waals surface area contributed by atoms with Crippen LogP contribution >= 0.6 is 0 Å². The molecular formula is C13H25N3O4. The van der Waals surface area contributed by atoms with E-state index in [0.717, 1.165) is 13.1 Å². The van der Waals surface area contributed by atoms with Gasteiger partial charge in [0.1, 0.15) is 0 Å². The van der Waals surface area contributed by atoms with Crippen LogP contribution < -0.4 is 10.6 Å². The normalized spacial score (nSPS) is 20.4. The minimum Gasteiger partial charge on any atom is -0.481 e. The van der Waals surface area contributed by atoms with Crippen LogP contribution in [0.3, 0.4) is 0 Å². The van der Waals surface area contributed by atoms with Crippen LogP contribution in [0.15, 0.2) is 0 Å². The standard InChI is InChI=1S/C13H25N3O4/c1-13(2,5-4-11(17)18)15-12(19)14-8-10-9-16(3)6-7-20-10/h10H,4-9H2,1-3H3,(H,17,18)(H2,14,15,19). The SMILES string of the molecule is CN1CCOC(CNC(=O)NC(C)(C)CCC(=O)O)C1. The Hall–Kier alpha value is -1.34. The highest BCUT2D eigenvalue weighted by molar-refractivity contribution is 5.75. The summed E-state index contributed by atoms with van der Waals surface area (Å²) in [4.78, 5) is 24.5. The second-order valence-electron chi connectivity index (χ2n) is 5.87. The van der Waals surface area contributed by atoms with Crippen molar-refractivity contribution in [3.63, 3.8) is 0 Å². The number of hydrogen-bond acceptors (Lipinski definition) is 4. The Labute approximate surface area is 119 Å². The van der Waals surface area contributed by atoms with Gasteiger partial charge in [-0.05, 0) is 27.3 Å². The van der Waals surface area contributed by atoms with Crippen LogP contribution in [0.2, 0.25) is 0 Å². The summed E-state index contributed by atoms with van der Waals surface area (Å²) in [7, 11) is 2.02. The fourth-order valence-corrected chi connectivity index (χ4v) is 2.03. The summed E-state index contributed by atoms with van der Waals surface area (Å²) in [6, 6.07) is -0.294. The summed E-state index contributed by atoms with van der Waals surface area (Å²) in [5, 5.41) is 14.2. The summed E-state index contributed by atoms with van der Waals surface area (Å²) >= 11 is 0. The molecule has 1 heterocycles. The third-order valence-electron chi connectivity index (χ3n) is 3.25. The Morgan fingerprint density at radius 1 is 1.45 bits per heavy atom. The molecule has 7 heteroatoms. The molecule has 0 aromatic heterocycles. The molecule has 0 aromatic rings. The maximum Gasteiger partial charge on any atom is 0.315 e. The van der Waals surface area contributed by atoms with Crippen LogP contribution in [-0.2, 0) is 9.53 Å². The van der Waals surface area contributed by atoms with E-state index in [1.54, 1.807) is 13.8 Å². The van der Waals surface area contributed by atoms with Gasteiger partial charge in [0.2, 0.25) is 0 Å². The molecule has 7 nitrogen and oxygen atoms in total. The Morgan fingerprint density at radius 2 is 2.15 bits per heavy atom. The molecule has 0 aliphatic carbocycles. The number of nitrogens with zero attached hydrogens (tertiary/aromatic N) is 1. The number of aliphatic carboxylic acids is 1. The Kier molecular flexibility index (Phi) is 6.22. The molecule has 2 amide bonds. The average Bonchev–Trinajstić information content (AvgIpc) is 2.34. The molecule has 0 aromatic carbocycles. The lowest BCUT2D eigenvalue weighted by molar-refractivity contribution is -0.137. The van der Waals surface area contributed by atoms with Crippen molar-refractivity contribution in [2.75, 3.05) is 33.3 Å². The molecule has 116 valence electrons. The van der Waals surface area contributed by atoms with Crippen molar-refractivity contribution in [2.45, 2.75) is 38.3 Å². The molecule has 0 spiro atoms. The third kappa shape index (κ3) is 6.72. The second kappa shape index (κ2) is 7.44. The lowest BCUT2D eigenvalue weighted by Gasteiger charge is -2.31. The first kappa shape index (κ1) is 16.7. The van der Waals surface area contributed by atoms with E-state index in [2.05, 4.69) is 15.5 Å². The highest BCUT2D eigenvalue weighted by Crippen LogP contribution is 2.10. The number of carbonyl (C=O) groups excluding carboxylic acids is 1. The van der Waals surface area contributed by atoms with Crippen molar-refractivity contribution in [1.82, 2.24) is 15.5 Å². The number of urea groups is 1. The smallest absolute Gasteiger partial charge is 0.315 e. The number of likely N-dealkylation sites (N-methyl/N-ethyl adjacent to an activating group) is 1. The first-order valence-electron chi connectivity index (χ1n) is 6.86. The van der Waals surface area contributed by atoms with Gasteiger partial charge in [0, 0.05) is 31.6 Å². The van der Waals surface area contributed by atoms with Crippen molar-refractivity contribution in [1.29, 1.82) is 0 Å². The number of amides is 2. The Bertz CT molecular complexity index is 347. The summed E-state index contributed by atoms with van der Waals surface area (Å²) in [6.45, 7) is 6.44. The van der Waals surface area contributed by atoms with E-state index in [4.69, 9.17) is 9.84 Å². The molecule has 0 radical (unpaired) electrons. The summed E-state index contributed by atoms with van der Waals surface area (Å²) in [5.41, 5.74) is -0.549. The highest BCUT2D eigenvalue weighted by Gasteiger charge is 2.23. The van der Waals surface area contributed by atoms with Crippen LogP contribution in [0.4, 0.5) is 4.79 Å². The van der Waals surface area contributed by atoms with Gasteiger partial charge in [-0.25, -0.2) is 4.79 Å². The number of morpholine rings is 1. The number of hydrogen-bond donors (Lipinski definition) is 3. The molecule has 1 fully saturated rings. The third-order valence-corrected chi connectivity index (χ3v) is 3.25. The van der Waals surface area contributed by atoms with Gasteiger partial charge in [0.15, 0.2) is 0 Å². The molecule has 1 aliphatic rings. The zero-order chi connectivity index (χ0) is 15.2. The number of carboxylic acids is 1. The quantitative estimate of drug-likeness (QED) is 0.652. The van der Waals surface area contributed by atoms with Gasteiger partial charge in [-0.2, -0.15) is 0 Å². The number of rotatable bonds is 6. The van der Waals surface area contributed by atoms with Crippen molar-refractivity contribution >= 4 is 12.0 Å². The maximum absolute atomic E-state index is 11.8. The first-order chi connectivity index (χ1) is 9.28. The Morgan fingerprint density at radius 3 is 2.75 bits per heavy atom. The molecule has 1 unspecified atom stereocenters. The van der Waals surface area contributed by atoms with Gasteiger partial charge in [0.25, 0.3) is 0 Å². The molecule has 1 aliphatic heterocycles. The number of carboxylic acid groups (broad SMARTS) is 1. The van der Waals surface area contributed by atoms with Crippen molar-refractivity contribution in [3.05, 3.63) is 0 Å². The van der Waals surface area contributed by atoms with Crippen molar-refractivity contribution in [2.24, 2.45) is 0 Å². The molecular weight excluding hydrogens is 262 g/mol. The summed E-state index contributed by atoms with van der Waals surface area (Å²) < 4.78 is 5.55. The van der Waals surface area contributed by atoms with E-state index in [0.29, 0.717) is 19.6 Å². The zero-order valence-corrected chi connectivity index (χ0v) is 12.4.